The number of nitrogens with zero attached hydrogens (tertiary/aromatic N) is 3. The number of aromatic nitrogens is 2. The molecule has 2 aliphatic rings. The van der Waals surface area contributed by atoms with Gasteiger partial charge in [0.1, 0.15) is 0 Å². The van der Waals surface area contributed by atoms with E-state index >= 15 is 0 Å². The summed E-state index contributed by atoms with van der Waals surface area (Å²) in [6.45, 7) is 2.98. The first kappa shape index (κ1) is 11.8. The van der Waals surface area contributed by atoms with Crippen LogP contribution in [-0.2, 0) is 0 Å². The van der Waals surface area contributed by atoms with Gasteiger partial charge in [0.15, 0.2) is 5.82 Å². The standard InChI is InChI=1S/C13H19FN4/c1-2-18(13-15-7-9(14)8-16-13)12-5-10-3-4-11(6-12)17-10/h7-8,10-12,17H,2-6H2,1H3. The first-order chi connectivity index (χ1) is 8.76. The van der Waals surface area contributed by atoms with Crippen LogP contribution in [0.2, 0.25) is 0 Å². The Bertz CT molecular complexity index is 396. The molecule has 5 heteroatoms. The van der Waals surface area contributed by atoms with Gasteiger partial charge >= 0.3 is 0 Å². The van der Waals surface area contributed by atoms with Gasteiger partial charge in [0.25, 0.3) is 0 Å². The number of anilines is 1. The molecule has 2 aliphatic heterocycles. The first-order valence-corrected chi connectivity index (χ1v) is 6.76. The highest BCUT2D eigenvalue weighted by Gasteiger charge is 2.36. The summed E-state index contributed by atoms with van der Waals surface area (Å²) in [5.74, 6) is 0.283. The lowest BCUT2D eigenvalue weighted by Crippen LogP contribution is -2.48. The minimum Gasteiger partial charge on any atom is -0.338 e. The normalized spacial score (nSPS) is 30.4. The quantitative estimate of drug-likeness (QED) is 0.887. The van der Waals surface area contributed by atoms with Gasteiger partial charge in [-0.2, -0.15) is 0 Å². The molecule has 2 atom stereocenters. The zero-order valence-electron chi connectivity index (χ0n) is 10.6. The fourth-order valence-corrected chi connectivity index (χ4v) is 3.30. The predicted molar refractivity (Wildman–Crippen MR) is 68.0 cm³/mol. The van der Waals surface area contributed by atoms with Crippen molar-refractivity contribution in [2.45, 2.75) is 50.7 Å². The summed E-state index contributed by atoms with van der Waals surface area (Å²) in [6.07, 6.45) is 7.35. The number of hydrogen-bond acceptors (Lipinski definition) is 4. The molecule has 0 aliphatic carbocycles. The number of fused-ring (bicyclic) bond motifs is 2. The average molecular weight is 250 g/mol. The summed E-state index contributed by atoms with van der Waals surface area (Å²) in [6, 6.07) is 1.77. The third kappa shape index (κ3) is 2.19. The van der Waals surface area contributed by atoms with E-state index in [1.165, 1.54) is 25.2 Å². The minimum absolute atomic E-state index is 0.375. The molecule has 2 unspecified atom stereocenters. The topological polar surface area (TPSA) is 41.1 Å². The van der Waals surface area contributed by atoms with Crippen LogP contribution in [0, 0.1) is 5.82 Å². The predicted octanol–water partition coefficient (Wildman–Crippen LogP) is 1.72. The van der Waals surface area contributed by atoms with Crippen molar-refractivity contribution >= 4 is 5.95 Å². The molecule has 0 saturated carbocycles. The Balaban J connectivity index is 1.77. The van der Waals surface area contributed by atoms with Crippen molar-refractivity contribution in [3.63, 3.8) is 0 Å². The van der Waals surface area contributed by atoms with Gasteiger partial charge in [0.05, 0.1) is 12.4 Å². The van der Waals surface area contributed by atoms with Crippen LogP contribution in [0.25, 0.3) is 0 Å². The molecular formula is C13H19FN4. The van der Waals surface area contributed by atoms with Crippen LogP contribution < -0.4 is 10.2 Å². The zero-order chi connectivity index (χ0) is 12.5. The Morgan fingerprint density at radius 1 is 1.28 bits per heavy atom. The van der Waals surface area contributed by atoms with Gasteiger partial charge in [-0.1, -0.05) is 0 Å². The molecule has 2 bridgehead atoms. The van der Waals surface area contributed by atoms with Gasteiger partial charge in [-0.25, -0.2) is 14.4 Å². The molecule has 0 amide bonds. The summed E-state index contributed by atoms with van der Waals surface area (Å²) in [5.41, 5.74) is 0. The summed E-state index contributed by atoms with van der Waals surface area (Å²) in [5, 5.41) is 3.63. The van der Waals surface area contributed by atoms with Gasteiger partial charge in [-0.15, -0.1) is 0 Å². The van der Waals surface area contributed by atoms with Gasteiger partial charge in [-0.05, 0) is 32.6 Å². The van der Waals surface area contributed by atoms with Crippen molar-refractivity contribution in [3.8, 4) is 0 Å². The Morgan fingerprint density at radius 2 is 1.89 bits per heavy atom. The van der Waals surface area contributed by atoms with Gasteiger partial charge in [-0.3, -0.25) is 0 Å². The molecule has 0 spiro atoms. The maximum absolute atomic E-state index is 12.9. The molecule has 0 radical (unpaired) electrons. The van der Waals surface area contributed by atoms with Crippen LogP contribution in [0.15, 0.2) is 12.4 Å². The van der Waals surface area contributed by atoms with E-state index < -0.39 is 0 Å². The fourth-order valence-electron chi connectivity index (χ4n) is 3.30. The van der Waals surface area contributed by atoms with Crippen LogP contribution in [-0.4, -0.2) is 34.6 Å². The molecule has 3 heterocycles. The van der Waals surface area contributed by atoms with E-state index in [9.17, 15) is 4.39 Å². The number of piperidine rings is 1. The van der Waals surface area contributed by atoms with E-state index in [4.69, 9.17) is 0 Å². The van der Waals surface area contributed by atoms with E-state index in [-0.39, 0.29) is 5.82 Å². The van der Waals surface area contributed by atoms with Crippen molar-refractivity contribution in [2.24, 2.45) is 0 Å². The van der Waals surface area contributed by atoms with Crippen molar-refractivity contribution in [1.29, 1.82) is 0 Å². The summed E-state index contributed by atoms with van der Waals surface area (Å²) in [4.78, 5) is 10.4. The van der Waals surface area contributed by atoms with E-state index in [1.54, 1.807) is 0 Å². The molecule has 1 aromatic heterocycles. The molecular weight excluding hydrogens is 231 g/mol. The minimum atomic E-state index is -0.375. The summed E-state index contributed by atoms with van der Waals surface area (Å²) < 4.78 is 12.9. The Kier molecular flexibility index (Phi) is 3.16. The molecule has 4 nitrogen and oxygen atoms in total. The van der Waals surface area contributed by atoms with Gasteiger partial charge in [0, 0.05) is 24.7 Å². The smallest absolute Gasteiger partial charge is 0.225 e. The Labute approximate surface area is 107 Å². The maximum Gasteiger partial charge on any atom is 0.225 e. The molecule has 2 fully saturated rings. The Morgan fingerprint density at radius 3 is 2.44 bits per heavy atom. The van der Waals surface area contributed by atoms with E-state index in [1.807, 2.05) is 0 Å². The maximum atomic E-state index is 12.9. The summed E-state index contributed by atoms with van der Waals surface area (Å²) in [7, 11) is 0. The highest BCUT2D eigenvalue weighted by Crippen LogP contribution is 2.30. The second-order valence-electron chi connectivity index (χ2n) is 5.25. The molecule has 98 valence electrons. The second kappa shape index (κ2) is 4.80. The second-order valence-corrected chi connectivity index (χ2v) is 5.25. The van der Waals surface area contributed by atoms with Crippen molar-refractivity contribution in [2.75, 3.05) is 11.4 Å². The van der Waals surface area contributed by atoms with E-state index in [0.29, 0.717) is 24.1 Å². The number of hydrogen-bond donors (Lipinski definition) is 1. The molecule has 3 rings (SSSR count). The van der Waals surface area contributed by atoms with Crippen LogP contribution >= 0.6 is 0 Å². The third-order valence-electron chi connectivity index (χ3n) is 4.09. The number of nitrogens with one attached hydrogen (secondary N) is 1. The van der Waals surface area contributed by atoms with Gasteiger partial charge in [0.2, 0.25) is 5.95 Å². The summed E-state index contributed by atoms with van der Waals surface area (Å²) >= 11 is 0. The molecule has 1 aromatic rings. The first-order valence-electron chi connectivity index (χ1n) is 6.76. The monoisotopic (exact) mass is 250 g/mol. The largest absolute Gasteiger partial charge is 0.338 e. The van der Waals surface area contributed by atoms with Crippen LogP contribution in [0.5, 0.6) is 0 Å². The molecule has 18 heavy (non-hydrogen) atoms. The van der Waals surface area contributed by atoms with E-state index in [0.717, 1.165) is 19.4 Å². The van der Waals surface area contributed by atoms with Crippen LogP contribution in [0.1, 0.15) is 32.6 Å². The average Bonchev–Trinajstić information content (AvgIpc) is 2.72. The van der Waals surface area contributed by atoms with Gasteiger partial charge < -0.3 is 10.2 Å². The van der Waals surface area contributed by atoms with Crippen molar-refractivity contribution in [1.82, 2.24) is 15.3 Å². The van der Waals surface area contributed by atoms with Crippen molar-refractivity contribution in [3.05, 3.63) is 18.2 Å². The molecule has 1 N–H and O–H groups in total. The highest BCUT2D eigenvalue weighted by molar-refractivity contribution is 5.31. The highest BCUT2D eigenvalue weighted by atomic mass is 19.1. The van der Waals surface area contributed by atoms with Crippen LogP contribution in [0.3, 0.4) is 0 Å². The van der Waals surface area contributed by atoms with E-state index in [2.05, 4.69) is 27.1 Å². The zero-order valence-corrected chi connectivity index (χ0v) is 10.6. The SMILES string of the molecule is CCN(c1ncc(F)cn1)C1CC2CCC(C1)N2. The molecule has 0 aromatic carbocycles. The van der Waals surface area contributed by atoms with Crippen LogP contribution in [0.4, 0.5) is 10.3 Å². The lowest BCUT2D eigenvalue weighted by molar-refractivity contribution is 0.346. The number of rotatable bonds is 3. The Hall–Kier alpha value is -1.23. The lowest BCUT2D eigenvalue weighted by Gasteiger charge is -2.37. The molecule has 2 saturated heterocycles. The number of halogens is 1. The lowest BCUT2D eigenvalue weighted by atomic mass is 9.98. The fraction of sp³-hybridized carbons (Fsp3) is 0.692. The van der Waals surface area contributed by atoms with Crippen molar-refractivity contribution < 1.29 is 4.39 Å². The third-order valence-corrected chi connectivity index (χ3v) is 4.09.